The Labute approximate surface area is 110 Å². The van der Waals surface area contributed by atoms with Crippen molar-refractivity contribution < 1.29 is 14.7 Å². The molecule has 98 valence electrons. The van der Waals surface area contributed by atoms with E-state index < -0.39 is 5.97 Å². The molecule has 0 saturated carbocycles. The van der Waals surface area contributed by atoms with E-state index in [2.05, 4.69) is 10.6 Å². The third-order valence-electron chi connectivity index (χ3n) is 2.25. The topological polar surface area (TPSA) is 78.4 Å². The maximum atomic E-state index is 11.2. The molecule has 0 bridgehead atoms. The summed E-state index contributed by atoms with van der Waals surface area (Å²) >= 11 is 5.73. The van der Waals surface area contributed by atoms with Crippen LogP contribution in [0.1, 0.15) is 23.7 Å². The molecule has 0 aliphatic heterocycles. The van der Waals surface area contributed by atoms with Crippen LogP contribution in [-0.4, -0.2) is 30.1 Å². The molecule has 0 aliphatic carbocycles. The number of anilines is 1. The number of nitrogens with one attached hydrogen (secondary N) is 2. The first-order chi connectivity index (χ1) is 8.54. The van der Waals surface area contributed by atoms with Gasteiger partial charge in [0.1, 0.15) is 0 Å². The van der Waals surface area contributed by atoms with Crippen molar-refractivity contribution in [1.82, 2.24) is 5.32 Å². The molecule has 1 rings (SSSR count). The number of carboxylic acid groups (broad SMARTS) is 1. The van der Waals surface area contributed by atoms with Crippen LogP contribution in [0.25, 0.3) is 0 Å². The molecule has 1 aromatic rings. The van der Waals surface area contributed by atoms with Crippen LogP contribution in [0.15, 0.2) is 18.2 Å². The molecular weight excluding hydrogens is 256 g/mol. The Balaban J connectivity index is 2.62. The van der Waals surface area contributed by atoms with Gasteiger partial charge in [0, 0.05) is 30.2 Å². The van der Waals surface area contributed by atoms with Crippen LogP contribution in [0, 0.1) is 0 Å². The summed E-state index contributed by atoms with van der Waals surface area (Å²) < 4.78 is 0. The molecule has 1 aromatic carbocycles. The molecule has 6 heteroatoms. The van der Waals surface area contributed by atoms with Gasteiger partial charge in [0.25, 0.3) is 0 Å². The minimum absolute atomic E-state index is 0.0733. The molecule has 0 radical (unpaired) electrons. The molecule has 18 heavy (non-hydrogen) atoms. The van der Waals surface area contributed by atoms with Crippen molar-refractivity contribution in [3.05, 3.63) is 28.8 Å². The lowest BCUT2D eigenvalue weighted by Gasteiger charge is -2.09. The average molecular weight is 271 g/mol. The van der Waals surface area contributed by atoms with Gasteiger partial charge in [0.2, 0.25) is 5.91 Å². The highest BCUT2D eigenvalue weighted by atomic mass is 35.5. The summed E-state index contributed by atoms with van der Waals surface area (Å²) in [7, 11) is 0. The minimum atomic E-state index is -1.06. The third-order valence-corrected chi connectivity index (χ3v) is 2.49. The monoisotopic (exact) mass is 270 g/mol. The maximum Gasteiger partial charge on any atom is 0.337 e. The highest BCUT2D eigenvalue weighted by molar-refractivity contribution is 6.31. The second kappa shape index (κ2) is 6.86. The molecular formula is C12H15ClN2O3. The van der Waals surface area contributed by atoms with Gasteiger partial charge < -0.3 is 15.7 Å². The van der Waals surface area contributed by atoms with E-state index in [1.54, 1.807) is 12.1 Å². The number of benzene rings is 1. The second-order valence-electron chi connectivity index (χ2n) is 3.63. The van der Waals surface area contributed by atoms with Crippen LogP contribution < -0.4 is 10.6 Å². The van der Waals surface area contributed by atoms with Crippen molar-refractivity contribution in [1.29, 1.82) is 0 Å². The van der Waals surface area contributed by atoms with Gasteiger partial charge in [0.05, 0.1) is 5.56 Å². The molecule has 0 atom stereocenters. The van der Waals surface area contributed by atoms with Crippen LogP contribution in [0.2, 0.25) is 5.02 Å². The zero-order valence-electron chi connectivity index (χ0n) is 10.00. The molecule has 0 fully saturated rings. The first-order valence-corrected chi connectivity index (χ1v) is 5.95. The van der Waals surface area contributed by atoms with Crippen LogP contribution in [0.4, 0.5) is 5.69 Å². The van der Waals surface area contributed by atoms with Crippen LogP contribution >= 0.6 is 11.6 Å². The summed E-state index contributed by atoms with van der Waals surface area (Å²) in [6, 6.07) is 4.56. The molecule has 0 unspecified atom stereocenters. The van der Waals surface area contributed by atoms with Crippen molar-refractivity contribution in [3.63, 3.8) is 0 Å². The van der Waals surface area contributed by atoms with Crippen LogP contribution in [-0.2, 0) is 4.79 Å². The van der Waals surface area contributed by atoms with Gasteiger partial charge in [-0.25, -0.2) is 4.79 Å². The molecule has 0 aliphatic rings. The number of rotatable bonds is 6. The molecule has 0 heterocycles. The van der Waals surface area contributed by atoms with Crippen molar-refractivity contribution in [2.75, 3.05) is 18.4 Å². The Morgan fingerprint density at radius 1 is 1.39 bits per heavy atom. The highest BCUT2D eigenvalue weighted by Gasteiger charge is 2.10. The first-order valence-electron chi connectivity index (χ1n) is 5.58. The number of carbonyl (C=O) groups excluding carboxylic acids is 1. The van der Waals surface area contributed by atoms with Crippen LogP contribution in [0.5, 0.6) is 0 Å². The number of aromatic carboxylic acids is 1. The van der Waals surface area contributed by atoms with E-state index in [1.807, 2.05) is 6.92 Å². The first kappa shape index (κ1) is 14.3. The number of hydrogen-bond donors (Lipinski definition) is 3. The molecule has 0 saturated heterocycles. The van der Waals surface area contributed by atoms with E-state index >= 15 is 0 Å². The van der Waals surface area contributed by atoms with Gasteiger partial charge in [-0.05, 0) is 25.1 Å². The van der Waals surface area contributed by atoms with E-state index in [1.165, 1.54) is 6.07 Å². The number of halogens is 1. The quantitative estimate of drug-likeness (QED) is 0.739. The Morgan fingerprint density at radius 3 is 2.72 bits per heavy atom. The normalized spacial score (nSPS) is 9.89. The van der Waals surface area contributed by atoms with Gasteiger partial charge in [-0.1, -0.05) is 11.6 Å². The predicted molar refractivity (Wildman–Crippen MR) is 70.2 cm³/mol. The SMILES string of the molecule is CCNC(=O)CCNc1ccc(Cl)cc1C(=O)O. The Bertz CT molecular complexity index is 449. The van der Waals surface area contributed by atoms with Gasteiger partial charge in [-0.3, -0.25) is 4.79 Å². The van der Waals surface area contributed by atoms with E-state index in [9.17, 15) is 9.59 Å². The number of carboxylic acids is 1. The summed E-state index contributed by atoms with van der Waals surface area (Å²) in [4.78, 5) is 22.2. The van der Waals surface area contributed by atoms with Crippen molar-refractivity contribution in [2.45, 2.75) is 13.3 Å². The Hall–Kier alpha value is -1.75. The van der Waals surface area contributed by atoms with Gasteiger partial charge in [0.15, 0.2) is 0 Å². The van der Waals surface area contributed by atoms with E-state index in [0.29, 0.717) is 23.8 Å². The number of carbonyl (C=O) groups is 2. The third kappa shape index (κ3) is 4.25. The molecule has 5 nitrogen and oxygen atoms in total. The van der Waals surface area contributed by atoms with Gasteiger partial charge in [-0.15, -0.1) is 0 Å². The Morgan fingerprint density at radius 2 is 2.11 bits per heavy atom. The van der Waals surface area contributed by atoms with Crippen molar-refractivity contribution >= 4 is 29.2 Å². The summed E-state index contributed by atoms with van der Waals surface area (Å²) in [5.41, 5.74) is 0.551. The number of hydrogen-bond acceptors (Lipinski definition) is 3. The van der Waals surface area contributed by atoms with Crippen LogP contribution in [0.3, 0.4) is 0 Å². The fourth-order valence-corrected chi connectivity index (χ4v) is 1.62. The Kier molecular flexibility index (Phi) is 5.45. The molecule has 0 spiro atoms. The summed E-state index contributed by atoms with van der Waals surface area (Å²) in [5, 5.41) is 14.9. The highest BCUT2D eigenvalue weighted by Crippen LogP contribution is 2.20. The minimum Gasteiger partial charge on any atom is -0.478 e. The lowest BCUT2D eigenvalue weighted by Crippen LogP contribution is -2.25. The summed E-state index contributed by atoms with van der Waals surface area (Å²) in [6.07, 6.45) is 0.287. The van der Waals surface area contributed by atoms with Crippen molar-refractivity contribution in [2.24, 2.45) is 0 Å². The van der Waals surface area contributed by atoms with Crippen molar-refractivity contribution in [3.8, 4) is 0 Å². The zero-order valence-corrected chi connectivity index (χ0v) is 10.8. The predicted octanol–water partition coefficient (Wildman–Crippen LogP) is 1.98. The maximum absolute atomic E-state index is 11.2. The molecule has 3 N–H and O–H groups in total. The van der Waals surface area contributed by atoms with E-state index in [0.717, 1.165) is 0 Å². The summed E-state index contributed by atoms with van der Waals surface area (Å²) in [6.45, 7) is 2.79. The molecule has 1 amide bonds. The fourth-order valence-electron chi connectivity index (χ4n) is 1.44. The van der Waals surface area contributed by atoms with E-state index in [4.69, 9.17) is 16.7 Å². The average Bonchev–Trinajstić information content (AvgIpc) is 2.31. The lowest BCUT2D eigenvalue weighted by atomic mass is 10.1. The lowest BCUT2D eigenvalue weighted by molar-refractivity contribution is -0.120. The molecule has 0 aromatic heterocycles. The number of amides is 1. The summed E-state index contributed by atoms with van der Waals surface area (Å²) in [5.74, 6) is -1.13. The fraction of sp³-hybridized carbons (Fsp3) is 0.333. The standard InChI is InChI=1S/C12H15ClN2O3/c1-2-14-11(16)5-6-15-10-4-3-8(13)7-9(10)12(17)18/h3-4,7,15H,2,5-6H2,1H3,(H,14,16)(H,17,18). The largest absolute Gasteiger partial charge is 0.478 e. The zero-order chi connectivity index (χ0) is 13.5. The van der Waals surface area contributed by atoms with E-state index in [-0.39, 0.29) is 17.9 Å². The second-order valence-corrected chi connectivity index (χ2v) is 4.06. The smallest absolute Gasteiger partial charge is 0.337 e. The van der Waals surface area contributed by atoms with Gasteiger partial charge >= 0.3 is 5.97 Å². The van der Waals surface area contributed by atoms with Gasteiger partial charge in [-0.2, -0.15) is 0 Å².